The number of para-hydroxylation sites is 2. The van der Waals surface area contributed by atoms with E-state index in [4.69, 9.17) is 5.73 Å². The standard InChI is InChI=1S/C13H12N6O/c14-9-3-1-2-4-11(9)19-8-6-10(18-19)13(20)16-12-5-7-15-17-12/h1-8H,14H2,(H2,15,16,17,20). The van der Waals surface area contributed by atoms with E-state index < -0.39 is 0 Å². The summed E-state index contributed by atoms with van der Waals surface area (Å²) in [6.07, 6.45) is 3.24. The Morgan fingerprint density at radius 2 is 2.10 bits per heavy atom. The summed E-state index contributed by atoms with van der Waals surface area (Å²) in [7, 11) is 0. The van der Waals surface area contributed by atoms with E-state index in [1.807, 2.05) is 18.2 Å². The molecule has 0 saturated carbocycles. The van der Waals surface area contributed by atoms with Crippen molar-refractivity contribution in [2.45, 2.75) is 0 Å². The van der Waals surface area contributed by atoms with Gasteiger partial charge in [-0.1, -0.05) is 12.1 Å². The van der Waals surface area contributed by atoms with Crippen molar-refractivity contribution in [3.05, 3.63) is 54.5 Å². The van der Waals surface area contributed by atoms with Crippen LogP contribution in [0.15, 0.2) is 48.8 Å². The van der Waals surface area contributed by atoms with Gasteiger partial charge in [-0.15, -0.1) is 0 Å². The Hall–Kier alpha value is -3.09. The number of nitrogens with two attached hydrogens (primary N) is 1. The number of benzene rings is 1. The number of nitrogens with zero attached hydrogens (tertiary/aromatic N) is 3. The Labute approximate surface area is 114 Å². The summed E-state index contributed by atoms with van der Waals surface area (Å²) in [6, 6.07) is 10.6. The Bertz CT molecular complexity index is 731. The van der Waals surface area contributed by atoms with Crippen molar-refractivity contribution >= 4 is 17.4 Å². The van der Waals surface area contributed by atoms with Gasteiger partial charge in [0.1, 0.15) is 5.82 Å². The number of nitrogen functional groups attached to an aromatic ring is 1. The van der Waals surface area contributed by atoms with Crippen LogP contribution in [0.4, 0.5) is 11.5 Å². The van der Waals surface area contributed by atoms with Crippen LogP contribution < -0.4 is 11.1 Å². The van der Waals surface area contributed by atoms with Gasteiger partial charge in [0.15, 0.2) is 5.69 Å². The lowest BCUT2D eigenvalue weighted by molar-refractivity contribution is 0.102. The summed E-state index contributed by atoms with van der Waals surface area (Å²) < 4.78 is 1.57. The number of aromatic amines is 1. The van der Waals surface area contributed by atoms with Crippen LogP contribution in [0.3, 0.4) is 0 Å². The number of carbonyl (C=O) groups is 1. The van der Waals surface area contributed by atoms with Gasteiger partial charge in [-0.25, -0.2) is 4.68 Å². The van der Waals surface area contributed by atoms with Crippen molar-refractivity contribution in [1.82, 2.24) is 20.0 Å². The molecule has 7 heteroatoms. The van der Waals surface area contributed by atoms with Crippen molar-refractivity contribution in [3.63, 3.8) is 0 Å². The normalized spacial score (nSPS) is 10.4. The minimum absolute atomic E-state index is 0.294. The highest BCUT2D eigenvalue weighted by atomic mass is 16.2. The molecule has 0 atom stereocenters. The van der Waals surface area contributed by atoms with E-state index in [2.05, 4.69) is 20.6 Å². The molecule has 20 heavy (non-hydrogen) atoms. The van der Waals surface area contributed by atoms with E-state index in [1.165, 1.54) is 0 Å². The first-order valence-corrected chi connectivity index (χ1v) is 5.95. The molecular formula is C13H12N6O. The summed E-state index contributed by atoms with van der Waals surface area (Å²) in [4.78, 5) is 12.0. The molecule has 0 fully saturated rings. The first-order valence-electron chi connectivity index (χ1n) is 5.95. The zero-order valence-electron chi connectivity index (χ0n) is 10.4. The Morgan fingerprint density at radius 1 is 1.25 bits per heavy atom. The lowest BCUT2D eigenvalue weighted by atomic mass is 10.3. The van der Waals surface area contributed by atoms with Gasteiger partial charge in [0.2, 0.25) is 0 Å². The first-order chi connectivity index (χ1) is 9.74. The number of H-pyrrole nitrogens is 1. The third-order valence-electron chi connectivity index (χ3n) is 2.75. The molecule has 0 saturated heterocycles. The van der Waals surface area contributed by atoms with Gasteiger partial charge in [-0.05, 0) is 18.2 Å². The van der Waals surface area contributed by atoms with Gasteiger partial charge in [0, 0.05) is 12.3 Å². The topological polar surface area (TPSA) is 102 Å². The Balaban J connectivity index is 1.83. The number of hydrogen-bond acceptors (Lipinski definition) is 4. The summed E-state index contributed by atoms with van der Waals surface area (Å²) in [6.45, 7) is 0. The highest BCUT2D eigenvalue weighted by Crippen LogP contribution is 2.15. The Kier molecular flexibility index (Phi) is 2.92. The van der Waals surface area contributed by atoms with Crippen molar-refractivity contribution < 1.29 is 4.79 Å². The van der Waals surface area contributed by atoms with Crippen molar-refractivity contribution in [2.24, 2.45) is 0 Å². The maximum absolute atomic E-state index is 12.0. The number of hydrogen-bond donors (Lipinski definition) is 3. The molecule has 2 heterocycles. The van der Waals surface area contributed by atoms with Crippen LogP contribution in [0.25, 0.3) is 5.69 Å². The lowest BCUT2D eigenvalue weighted by Gasteiger charge is -2.04. The van der Waals surface area contributed by atoms with E-state index in [0.29, 0.717) is 17.2 Å². The largest absolute Gasteiger partial charge is 0.397 e. The monoisotopic (exact) mass is 268 g/mol. The molecule has 0 spiro atoms. The fraction of sp³-hybridized carbons (Fsp3) is 0. The zero-order chi connectivity index (χ0) is 13.9. The van der Waals surface area contributed by atoms with Crippen LogP contribution in [0.1, 0.15) is 10.5 Å². The molecule has 1 aromatic carbocycles. The smallest absolute Gasteiger partial charge is 0.277 e. The molecule has 100 valence electrons. The van der Waals surface area contributed by atoms with Crippen LogP contribution >= 0.6 is 0 Å². The molecule has 0 aliphatic rings. The second-order valence-corrected chi connectivity index (χ2v) is 4.13. The summed E-state index contributed by atoms with van der Waals surface area (Å²) in [5, 5.41) is 13.3. The number of aromatic nitrogens is 4. The minimum atomic E-state index is -0.317. The molecule has 0 aliphatic carbocycles. The van der Waals surface area contributed by atoms with Crippen molar-refractivity contribution in [1.29, 1.82) is 0 Å². The summed E-state index contributed by atoms with van der Waals surface area (Å²) in [5.41, 5.74) is 7.49. The molecule has 0 unspecified atom stereocenters. The van der Waals surface area contributed by atoms with Gasteiger partial charge in [-0.3, -0.25) is 9.89 Å². The van der Waals surface area contributed by atoms with Crippen LogP contribution in [0.5, 0.6) is 0 Å². The second kappa shape index (κ2) is 4.88. The van der Waals surface area contributed by atoms with Gasteiger partial charge >= 0.3 is 0 Å². The predicted molar refractivity (Wildman–Crippen MR) is 74.5 cm³/mol. The highest BCUT2D eigenvalue weighted by Gasteiger charge is 2.11. The van der Waals surface area contributed by atoms with E-state index in [0.717, 1.165) is 5.69 Å². The first kappa shape index (κ1) is 12.0. The van der Waals surface area contributed by atoms with Gasteiger partial charge in [-0.2, -0.15) is 10.2 Å². The minimum Gasteiger partial charge on any atom is -0.397 e. The van der Waals surface area contributed by atoms with Crippen molar-refractivity contribution in [2.75, 3.05) is 11.1 Å². The van der Waals surface area contributed by atoms with Gasteiger partial charge < -0.3 is 11.1 Å². The fourth-order valence-electron chi connectivity index (χ4n) is 1.79. The summed E-state index contributed by atoms with van der Waals surface area (Å²) in [5.74, 6) is 0.200. The molecule has 3 rings (SSSR count). The van der Waals surface area contributed by atoms with Gasteiger partial charge in [0.05, 0.1) is 17.6 Å². The molecule has 3 aromatic rings. The average molecular weight is 268 g/mol. The average Bonchev–Trinajstić information content (AvgIpc) is 3.10. The maximum atomic E-state index is 12.0. The lowest BCUT2D eigenvalue weighted by Crippen LogP contribution is -2.13. The second-order valence-electron chi connectivity index (χ2n) is 4.13. The molecule has 0 bridgehead atoms. The third-order valence-corrected chi connectivity index (χ3v) is 2.75. The van der Waals surface area contributed by atoms with E-state index in [-0.39, 0.29) is 5.91 Å². The summed E-state index contributed by atoms with van der Waals surface area (Å²) >= 11 is 0. The van der Waals surface area contributed by atoms with Crippen LogP contribution in [-0.2, 0) is 0 Å². The molecular weight excluding hydrogens is 256 g/mol. The number of rotatable bonds is 3. The SMILES string of the molecule is Nc1ccccc1-n1ccc(C(=O)Nc2ccn[nH]2)n1. The van der Waals surface area contributed by atoms with E-state index in [1.54, 1.807) is 35.3 Å². The number of anilines is 2. The van der Waals surface area contributed by atoms with Crippen molar-refractivity contribution in [3.8, 4) is 5.69 Å². The van der Waals surface area contributed by atoms with Gasteiger partial charge in [0.25, 0.3) is 5.91 Å². The van der Waals surface area contributed by atoms with Crippen LogP contribution in [0, 0.1) is 0 Å². The van der Waals surface area contributed by atoms with E-state index in [9.17, 15) is 4.79 Å². The van der Waals surface area contributed by atoms with Crippen LogP contribution in [-0.4, -0.2) is 25.9 Å². The molecule has 1 amide bonds. The fourth-order valence-corrected chi connectivity index (χ4v) is 1.79. The molecule has 4 N–H and O–H groups in total. The molecule has 0 radical (unpaired) electrons. The number of carbonyl (C=O) groups excluding carboxylic acids is 1. The predicted octanol–water partition coefficient (Wildman–Crippen LogP) is 1.43. The third kappa shape index (κ3) is 2.24. The molecule has 7 nitrogen and oxygen atoms in total. The zero-order valence-corrected chi connectivity index (χ0v) is 10.4. The molecule has 2 aromatic heterocycles. The molecule has 0 aliphatic heterocycles. The van der Waals surface area contributed by atoms with Crippen LogP contribution in [0.2, 0.25) is 0 Å². The Morgan fingerprint density at radius 3 is 2.85 bits per heavy atom. The van der Waals surface area contributed by atoms with E-state index >= 15 is 0 Å². The number of nitrogens with one attached hydrogen (secondary N) is 2. The highest BCUT2D eigenvalue weighted by molar-refractivity contribution is 6.02. The maximum Gasteiger partial charge on any atom is 0.277 e. The number of amides is 1. The quantitative estimate of drug-likeness (QED) is 0.625.